The Morgan fingerprint density at radius 3 is 2.82 bits per heavy atom. The van der Waals surface area contributed by atoms with Gasteiger partial charge in [0.25, 0.3) is 5.91 Å². The molecule has 0 N–H and O–H groups in total. The minimum Gasteiger partial charge on any atom is -0.272 e. The normalized spacial score (nSPS) is 11.1. The van der Waals surface area contributed by atoms with Gasteiger partial charge in [-0.1, -0.05) is 24.3 Å². The van der Waals surface area contributed by atoms with Crippen LogP contribution in [-0.4, -0.2) is 20.4 Å². The summed E-state index contributed by atoms with van der Waals surface area (Å²) in [5.41, 5.74) is 3.32. The van der Waals surface area contributed by atoms with E-state index < -0.39 is 0 Å². The molecule has 0 atom stereocenters. The van der Waals surface area contributed by atoms with Crippen molar-refractivity contribution in [1.29, 1.82) is 0 Å². The summed E-state index contributed by atoms with van der Waals surface area (Å²) in [6.07, 6.45) is 4.75. The summed E-state index contributed by atoms with van der Waals surface area (Å²) in [6.45, 7) is 2.03. The van der Waals surface area contributed by atoms with Gasteiger partial charge in [-0.2, -0.15) is 0 Å². The molecular weight excluding hydrogens is 274 g/mol. The third-order valence-corrected chi connectivity index (χ3v) is 3.87. The number of hydrogen-bond donors (Lipinski definition) is 0. The van der Waals surface area contributed by atoms with Crippen molar-refractivity contribution in [2.75, 3.05) is 0 Å². The van der Waals surface area contributed by atoms with Crippen molar-refractivity contribution in [3.63, 3.8) is 0 Å². The molecule has 0 saturated carbocycles. The minimum atomic E-state index is -0.120. The van der Waals surface area contributed by atoms with Crippen LogP contribution in [0, 0.1) is 6.92 Å². The van der Waals surface area contributed by atoms with E-state index in [1.165, 1.54) is 10.9 Å². The average Bonchev–Trinajstić information content (AvgIpc) is 3.08. The van der Waals surface area contributed by atoms with Crippen molar-refractivity contribution in [3.05, 3.63) is 72.3 Å². The molecule has 4 aromatic rings. The Balaban J connectivity index is 2.05. The maximum atomic E-state index is 12.7. The second-order valence-electron chi connectivity index (χ2n) is 5.28. The van der Waals surface area contributed by atoms with Crippen LogP contribution in [-0.2, 0) is 0 Å². The van der Waals surface area contributed by atoms with Crippen LogP contribution in [0.3, 0.4) is 0 Å². The largest absolute Gasteiger partial charge is 0.272 e. The molecule has 0 bridgehead atoms. The van der Waals surface area contributed by atoms with E-state index in [2.05, 4.69) is 11.1 Å². The Bertz CT molecular complexity index is 1000. The third-order valence-electron chi connectivity index (χ3n) is 3.87. The summed E-state index contributed by atoms with van der Waals surface area (Å²) >= 11 is 0. The standard InChI is InChI=1S/C18H13N3O/c1-12-6-7-14(18(22)21-9-8-19-11-21)17-15(12)10-13-4-2-3-5-16(13)20-17/h2-11H,1H3. The van der Waals surface area contributed by atoms with E-state index in [1.54, 1.807) is 12.4 Å². The van der Waals surface area contributed by atoms with Gasteiger partial charge >= 0.3 is 0 Å². The van der Waals surface area contributed by atoms with Gasteiger partial charge in [-0.25, -0.2) is 9.97 Å². The van der Waals surface area contributed by atoms with Gasteiger partial charge in [-0.15, -0.1) is 0 Å². The zero-order valence-electron chi connectivity index (χ0n) is 12.0. The number of pyridine rings is 1. The predicted molar refractivity (Wildman–Crippen MR) is 85.9 cm³/mol. The van der Waals surface area contributed by atoms with Crippen LogP contribution >= 0.6 is 0 Å². The summed E-state index contributed by atoms with van der Waals surface area (Å²) in [5.74, 6) is -0.120. The van der Waals surface area contributed by atoms with Gasteiger partial charge in [-0.05, 0) is 30.7 Å². The van der Waals surface area contributed by atoms with Gasteiger partial charge in [0.1, 0.15) is 6.33 Å². The molecular formula is C18H13N3O. The van der Waals surface area contributed by atoms with Crippen LogP contribution in [0.4, 0.5) is 0 Å². The lowest BCUT2D eigenvalue weighted by Crippen LogP contribution is -2.11. The highest BCUT2D eigenvalue weighted by Crippen LogP contribution is 2.25. The van der Waals surface area contributed by atoms with Gasteiger partial charge in [0, 0.05) is 23.2 Å². The van der Waals surface area contributed by atoms with Crippen molar-refractivity contribution in [2.45, 2.75) is 6.92 Å². The summed E-state index contributed by atoms with van der Waals surface area (Å²) in [7, 11) is 0. The molecule has 2 aromatic heterocycles. The van der Waals surface area contributed by atoms with E-state index in [0.717, 1.165) is 27.4 Å². The molecule has 4 heteroatoms. The fraction of sp³-hybridized carbons (Fsp3) is 0.0556. The van der Waals surface area contributed by atoms with Gasteiger partial charge in [0.15, 0.2) is 0 Å². The van der Waals surface area contributed by atoms with E-state index >= 15 is 0 Å². The van der Waals surface area contributed by atoms with E-state index in [9.17, 15) is 4.79 Å². The molecule has 0 aliphatic carbocycles. The highest BCUT2D eigenvalue weighted by atomic mass is 16.2. The third kappa shape index (κ3) is 1.89. The van der Waals surface area contributed by atoms with Crippen LogP contribution in [0.2, 0.25) is 0 Å². The summed E-state index contributed by atoms with van der Waals surface area (Å²) in [4.78, 5) is 21.3. The number of carbonyl (C=O) groups is 1. The predicted octanol–water partition coefficient (Wildman–Crippen LogP) is 3.58. The molecule has 0 fully saturated rings. The molecule has 106 valence electrons. The highest BCUT2D eigenvalue weighted by Gasteiger charge is 2.14. The fourth-order valence-electron chi connectivity index (χ4n) is 2.69. The first kappa shape index (κ1) is 12.7. The van der Waals surface area contributed by atoms with Crippen molar-refractivity contribution < 1.29 is 4.79 Å². The molecule has 4 nitrogen and oxygen atoms in total. The number of aromatic nitrogens is 3. The maximum Gasteiger partial charge on any atom is 0.265 e. The number of para-hydroxylation sites is 1. The number of imidazole rings is 1. The second-order valence-corrected chi connectivity index (χ2v) is 5.28. The van der Waals surface area contributed by atoms with Crippen molar-refractivity contribution in [2.24, 2.45) is 0 Å². The monoisotopic (exact) mass is 287 g/mol. The molecule has 4 rings (SSSR count). The van der Waals surface area contributed by atoms with E-state index in [-0.39, 0.29) is 5.91 Å². The number of benzene rings is 2. The summed E-state index contributed by atoms with van der Waals surface area (Å²) < 4.78 is 1.47. The lowest BCUT2D eigenvalue weighted by atomic mass is 10.0. The molecule has 22 heavy (non-hydrogen) atoms. The molecule has 2 heterocycles. The van der Waals surface area contributed by atoms with Crippen molar-refractivity contribution in [3.8, 4) is 0 Å². The molecule has 0 radical (unpaired) electrons. The number of hydrogen-bond acceptors (Lipinski definition) is 3. The van der Waals surface area contributed by atoms with Gasteiger partial charge in [0.2, 0.25) is 0 Å². The Labute approximate surface area is 127 Å². The van der Waals surface area contributed by atoms with Crippen LogP contribution in [0.5, 0.6) is 0 Å². The van der Waals surface area contributed by atoms with E-state index in [4.69, 9.17) is 4.98 Å². The Morgan fingerprint density at radius 1 is 1.14 bits per heavy atom. The van der Waals surface area contributed by atoms with Crippen LogP contribution in [0.15, 0.2) is 61.2 Å². The second kappa shape index (κ2) is 4.77. The Morgan fingerprint density at radius 2 is 2.00 bits per heavy atom. The Hall–Kier alpha value is -3.01. The van der Waals surface area contributed by atoms with Gasteiger partial charge < -0.3 is 0 Å². The lowest BCUT2D eigenvalue weighted by molar-refractivity contribution is 0.0961. The lowest BCUT2D eigenvalue weighted by Gasteiger charge is -2.09. The number of aryl methyl sites for hydroxylation is 1. The zero-order chi connectivity index (χ0) is 15.1. The summed E-state index contributed by atoms with van der Waals surface area (Å²) in [6, 6.07) is 13.8. The summed E-state index contributed by atoms with van der Waals surface area (Å²) in [5, 5.41) is 2.08. The minimum absolute atomic E-state index is 0.120. The number of fused-ring (bicyclic) bond motifs is 2. The van der Waals surface area contributed by atoms with E-state index in [0.29, 0.717) is 5.56 Å². The highest BCUT2D eigenvalue weighted by molar-refractivity contribution is 6.09. The molecule has 0 spiro atoms. The zero-order valence-corrected chi connectivity index (χ0v) is 12.0. The quantitative estimate of drug-likeness (QED) is 0.503. The molecule has 0 aliphatic heterocycles. The average molecular weight is 287 g/mol. The first-order chi connectivity index (χ1) is 10.7. The first-order valence-electron chi connectivity index (χ1n) is 7.06. The van der Waals surface area contributed by atoms with Crippen molar-refractivity contribution in [1.82, 2.24) is 14.5 Å². The topological polar surface area (TPSA) is 47.8 Å². The number of nitrogens with zero attached hydrogens (tertiary/aromatic N) is 3. The van der Waals surface area contributed by atoms with Gasteiger partial charge in [-0.3, -0.25) is 9.36 Å². The fourth-order valence-corrected chi connectivity index (χ4v) is 2.69. The molecule has 0 saturated heterocycles. The number of rotatable bonds is 1. The molecule has 0 unspecified atom stereocenters. The molecule has 0 amide bonds. The first-order valence-corrected chi connectivity index (χ1v) is 7.06. The van der Waals surface area contributed by atoms with Crippen LogP contribution in [0.1, 0.15) is 15.9 Å². The maximum absolute atomic E-state index is 12.7. The van der Waals surface area contributed by atoms with Crippen LogP contribution < -0.4 is 0 Å². The smallest absolute Gasteiger partial charge is 0.265 e. The van der Waals surface area contributed by atoms with Crippen LogP contribution in [0.25, 0.3) is 21.8 Å². The SMILES string of the molecule is Cc1ccc(C(=O)n2ccnc2)c2nc3ccccc3cc12. The van der Waals surface area contributed by atoms with Crippen molar-refractivity contribution >= 4 is 27.7 Å². The van der Waals surface area contributed by atoms with Gasteiger partial charge in [0.05, 0.1) is 16.6 Å². The Kier molecular flexibility index (Phi) is 2.76. The number of carbonyl (C=O) groups excluding carboxylic acids is 1. The molecule has 0 aliphatic rings. The van der Waals surface area contributed by atoms with E-state index in [1.807, 2.05) is 43.3 Å². The molecule has 2 aromatic carbocycles.